The number of nitrogens with two attached hydrogens (primary N) is 1. The molecule has 1 heterocycles. The second-order valence-corrected chi connectivity index (χ2v) is 8.77. The number of halogens is 2. The molecule has 0 saturated carbocycles. The minimum atomic E-state index is -3.68. The van der Waals surface area contributed by atoms with Crippen molar-refractivity contribution in [3.05, 3.63) is 52.5 Å². The molecule has 1 fully saturated rings. The van der Waals surface area contributed by atoms with E-state index in [1.54, 1.807) is 0 Å². The highest BCUT2D eigenvalue weighted by molar-refractivity contribution is 7.89. The van der Waals surface area contributed by atoms with Crippen molar-refractivity contribution in [2.75, 3.05) is 24.1 Å². The lowest BCUT2D eigenvalue weighted by Crippen LogP contribution is -2.45. The summed E-state index contributed by atoms with van der Waals surface area (Å²) >= 11 is 12.0. The Morgan fingerprint density at radius 1 is 1.12 bits per heavy atom. The fourth-order valence-corrected chi connectivity index (χ4v) is 5.10. The average Bonchev–Trinajstić information content (AvgIpc) is 2.60. The van der Waals surface area contributed by atoms with Gasteiger partial charge < -0.3 is 11.1 Å². The van der Waals surface area contributed by atoms with Crippen LogP contribution in [0.25, 0.3) is 0 Å². The molecule has 134 valence electrons. The smallest absolute Gasteiger partial charge is 0.243 e. The van der Waals surface area contributed by atoms with Crippen molar-refractivity contribution in [3.8, 4) is 0 Å². The van der Waals surface area contributed by atoms with Crippen LogP contribution in [-0.2, 0) is 10.0 Å². The van der Waals surface area contributed by atoms with Gasteiger partial charge in [0.2, 0.25) is 10.0 Å². The maximum Gasteiger partial charge on any atom is 0.243 e. The van der Waals surface area contributed by atoms with Gasteiger partial charge in [0.15, 0.2) is 0 Å². The zero-order valence-corrected chi connectivity index (χ0v) is 15.8. The minimum Gasteiger partial charge on any atom is -0.396 e. The van der Waals surface area contributed by atoms with Crippen molar-refractivity contribution in [2.24, 2.45) is 0 Å². The molecule has 2 aromatic rings. The molecule has 5 nitrogen and oxygen atoms in total. The van der Waals surface area contributed by atoms with Crippen LogP contribution in [0.2, 0.25) is 10.0 Å². The van der Waals surface area contributed by atoms with Gasteiger partial charge in [-0.05, 0) is 37.1 Å². The third-order valence-corrected chi connectivity index (χ3v) is 6.69. The molecule has 0 aromatic heterocycles. The molecular weight excluding hydrogens is 381 g/mol. The fourth-order valence-electron chi connectivity index (χ4n) is 2.91. The summed E-state index contributed by atoms with van der Waals surface area (Å²) in [7, 11) is -3.68. The summed E-state index contributed by atoms with van der Waals surface area (Å²) in [6.07, 6.45) is 1.68. The van der Waals surface area contributed by atoms with Crippen LogP contribution in [0.5, 0.6) is 0 Å². The molecule has 2 aromatic carbocycles. The standard InChI is InChI=1S/C17H19Cl2N3O2S/c18-15-9-14(10-16(19)17(15)20)25(23,24)22-8-4-7-13(11-22)21-12-5-2-1-3-6-12/h1-3,5-6,9-10,13,21H,4,7-8,11,20H2. The Hall–Kier alpha value is -1.47. The van der Waals surface area contributed by atoms with Gasteiger partial charge in [0, 0.05) is 24.8 Å². The van der Waals surface area contributed by atoms with E-state index >= 15 is 0 Å². The number of nitrogens with one attached hydrogen (secondary N) is 1. The number of nitrogens with zero attached hydrogens (tertiary/aromatic N) is 1. The summed E-state index contributed by atoms with van der Waals surface area (Å²) in [5.74, 6) is 0. The first-order chi connectivity index (χ1) is 11.9. The van der Waals surface area contributed by atoms with Crippen molar-refractivity contribution in [2.45, 2.75) is 23.8 Å². The monoisotopic (exact) mass is 399 g/mol. The Morgan fingerprint density at radius 2 is 1.76 bits per heavy atom. The molecule has 0 bridgehead atoms. The summed E-state index contributed by atoms with van der Waals surface area (Å²) in [6, 6.07) is 12.5. The molecule has 0 amide bonds. The van der Waals surface area contributed by atoms with Crippen LogP contribution in [0, 0.1) is 0 Å². The van der Waals surface area contributed by atoms with Gasteiger partial charge in [-0.2, -0.15) is 4.31 Å². The first-order valence-corrected chi connectivity index (χ1v) is 10.1. The van der Waals surface area contributed by atoms with Crippen molar-refractivity contribution in [1.82, 2.24) is 4.31 Å². The minimum absolute atomic E-state index is 0.0469. The molecule has 1 aliphatic heterocycles. The second kappa shape index (κ2) is 7.41. The highest BCUT2D eigenvalue weighted by Crippen LogP contribution is 2.32. The van der Waals surface area contributed by atoms with E-state index in [9.17, 15) is 8.42 Å². The summed E-state index contributed by atoms with van der Waals surface area (Å²) < 4.78 is 27.3. The Kier molecular flexibility index (Phi) is 5.43. The zero-order valence-electron chi connectivity index (χ0n) is 13.5. The quantitative estimate of drug-likeness (QED) is 0.765. The van der Waals surface area contributed by atoms with Gasteiger partial charge in [-0.3, -0.25) is 0 Å². The highest BCUT2D eigenvalue weighted by atomic mass is 35.5. The molecule has 1 atom stereocenters. The Balaban J connectivity index is 1.80. The summed E-state index contributed by atoms with van der Waals surface area (Å²) in [6.45, 7) is 0.853. The third kappa shape index (κ3) is 4.03. The van der Waals surface area contributed by atoms with E-state index in [2.05, 4.69) is 5.32 Å². The third-order valence-electron chi connectivity index (χ3n) is 4.22. The lowest BCUT2D eigenvalue weighted by molar-refractivity contribution is 0.327. The number of para-hydroxylation sites is 1. The molecule has 1 aliphatic rings. The van der Waals surface area contributed by atoms with Crippen molar-refractivity contribution in [3.63, 3.8) is 0 Å². The lowest BCUT2D eigenvalue weighted by Gasteiger charge is -2.33. The van der Waals surface area contributed by atoms with Gasteiger partial charge in [-0.1, -0.05) is 41.4 Å². The lowest BCUT2D eigenvalue weighted by atomic mass is 10.1. The van der Waals surface area contributed by atoms with Crippen LogP contribution in [0.15, 0.2) is 47.4 Å². The van der Waals surface area contributed by atoms with Gasteiger partial charge in [-0.25, -0.2) is 8.42 Å². The summed E-state index contributed by atoms with van der Waals surface area (Å²) in [5.41, 5.74) is 6.86. The number of anilines is 2. The average molecular weight is 400 g/mol. The molecule has 0 radical (unpaired) electrons. The van der Waals surface area contributed by atoms with Crippen LogP contribution in [-0.4, -0.2) is 31.9 Å². The van der Waals surface area contributed by atoms with E-state index < -0.39 is 10.0 Å². The van der Waals surface area contributed by atoms with E-state index in [0.29, 0.717) is 13.1 Å². The Morgan fingerprint density at radius 3 is 2.40 bits per heavy atom. The first kappa shape index (κ1) is 18.3. The van der Waals surface area contributed by atoms with Gasteiger partial charge >= 0.3 is 0 Å². The van der Waals surface area contributed by atoms with Crippen molar-refractivity contribution >= 4 is 44.6 Å². The summed E-state index contributed by atoms with van der Waals surface area (Å²) in [4.78, 5) is 0.0667. The van der Waals surface area contributed by atoms with E-state index in [1.165, 1.54) is 16.4 Å². The zero-order chi connectivity index (χ0) is 18.0. The van der Waals surface area contributed by atoms with Gasteiger partial charge in [0.1, 0.15) is 0 Å². The summed E-state index contributed by atoms with van der Waals surface area (Å²) in [5, 5.41) is 3.67. The maximum atomic E-state index is 12.9. The Bertz CT molecular complexity index is 836. The molecule has 3 N–H and O–H groups in total. The predicted octanol–water partition coefficient (Wildman–Crippen LogP) is 3.84. The Labute approximate surface area is 157 Å². The number of hydrogen-bond donors (Lipinski definition) is 2. The van der Waals surface area contributed by atoms with Gasteiger partial charge in [-0.15, -0.1) is 0 Å². The predicted molar refractivity (Wildman–Crippen MR) is 103 cm³/mol. The van der Waals surface area contributed by atoms with Crippen LogP contribution in [0.1, 0.15) is 12.8 Å². The fraction of sp³-hybridized carbons (Fsp3) is 0.294. The van der Waals surface area contributed by atoms with E-state index in [1.807, 2.05) is 30.3 Å². The van der Waals surface area contributed by atoms with Crippen LogP contribution < -0.4 is 11.1 Å². The first-order valence-electron chi connectivity index (χ1n) is 7.94. The molecule has 0 spiro atoms. The second-order valence-electron chi connectivity index (χ2n) is 6.01. The maximum absolute atomic E-state index is 12.9. The molecule has 0 aliphatic carbocycles. The van der Waals surface area contributed by atoms with E-state index in [4.69, 9.17) is 28.9 Å². The van der Waals surface area contributed by atoms with Crippen molar-refractivity contribution in [1.29, 1.82) is 0 Å². The number of rotatable bonds is 4. The van der Waals surface area contributed by atoms with E-state index in [-0.39, 0.29) is 26.7 Å². The normalized spacial score (nSPS) is 18.9. The van der Waals surface area contributed by atoms with Crippen LogP contribution in [0.4, 0.5) is 11.4 Å². The number of benzene rings is 2. The topological polar surface area (TPSA) is 75.4 Å². The molecule has 1 unspecified atom stereocenters. The molecule has 3 rings (SSSR count). The van der Waals surface area contributed by atoms with Crippen LogP contribution in [0.3, 0.4) is 0 Å². The molecular formula is C17H19Cl2N3O2S. The SMILES string of the molecule is Nc1c(Cl)cc(S(=O)(=O)N2CCCC(Nc3ccccc3)C2)cc1Cl. The molecule has 1 saturated heterocycles. The van der Waals surface area contributed by atoms with Gasteiger partial charge in [0.05, 0.1) is 20.6 Å². The van der Waals surface area contributed by atoms with E-state index in [0.717, 1.165) is 18.5 Å². The van der Waals surface area contributed by atoms with Crippen LogP contribution >= 0.6 is 23.2 Å². The highest BCUT2D eigenvalue weighted by Gasteiger charge is 2.31. The van der Waals surface area contributed by atoms with Gasteiger partial charge in [0.25, 0.3) is 0 Å². The van der Waals surface area contributed by atoms with Crippen molar-refractivity contribution < 1.29 is 8.42 Å². The molecule has 8 heteroatoms. The number of hydrogen-bond acceptors (Lipinski definition) is 4. The molecule has 25 heavy (non-hydrogen) atoms. The number of piperidine rings is 1. The number of nitrogen functional groups attached to an aromatic ring is 1. The number of sulfonamides is 1. The largest absolute Gasteiger partial charge is 0.396 e.